The Morgan fingerprint density at radius 2 is 1.85 bits per heavy atom. The topological polar surface area (TPSA) is 76.7 Å². The summed E-state index contributed by atoms with van der Waals surface area (Å²) in [6, 6.07) is 12.6. The van der Waals surface area contributed by atoms with Gasteiger partial charge in [-0.2, -0.15) is 0 Å². The highest BCUT2D eigenvalue weighted by Gasteiger charge is 2.16. The van der Waals surface area contributed by atoms with Gasteiger partial charge >= 0.3 is 0 Å². The second kappa shape index (κ2) is 7.91. The molecule has 6 nitrogen and oxygen atoms in total. The molecule has 3 rings (SSSR count). The second-order valence-electron chi connectivity index (χ2n) is 6.24. The van der Waals surface area contributed by atoms with Gasteiger partial charge in [0.05, 0.1) is 12.6 Å². The van der Waals surface area contributed by atoms with Crippen LogP contribution in [0.1, 0.15) is 34.5 Å². The summed E-state index contributed by atoms with van der Waals surface area (Å²) in [5.74, 6) is 0.871. The van der Waals surface area contributed by atoms with E-state index in [9.17, 15) is 9.59 Å². The predicted octanol–water partition coefficient (Wildman–Crippen LogP) is 2.37. The fourth-order valence-corrected chi connectivity index (χ4v) is 2.75. The van der Waals surface area contributed by atoms with Crippen LogP contribution in [-0.4, -0.2) is 31.6 Å². The number of ether oxygens (including phenoxy) is 2. The Hall–Kier alpha value is -3.02. The van der Waals surface area contributed by atoms with Gasteiger partial charge in [0, 0.05) is 5.56 Å². The molecule has 0 radical (unpaired) electrons. The van der Waals surface area contributed by atoms with Gasteiger partial charge in [0.1, 0.15) is 13.2 Å². The lowest BCUT2D eigenvalue weighted by molar-refractivity contribution is -0.120. The summed E-state index contributed by atoms with van der Waals surface area (Å²) >= 11 is 0. The van der Waals surface area contributed by atoms with Gasteiger partial charge < -0.3 is 20.1 Å². The number of amides is 2. The summed E-state index contributed by atoms with van der Waals surface area (Å²) in [5, 5.41) is 5.51. The van der Waals surface area contributed by atoms with Crippen molar-refractivity contribution in [1.82, 2.24) is 10.6 Å². The lowest BCUT2D eigenvalue weighted by atomic mass is 10.1. The molecule has 0 saturated carbocycles. The van der Waals surface area contributed by atoms with Crippen LogP contribution >= 0.6 is 0 Å². The van der Waals surface area contributed by atoms with E-state index in [0.717, 1.165) is 11.1 Å². The van der Waals surface area contributed by atoms with E-state index in [1.165, 1.54) is 0 Å². The molecule has 0 saturated heterocycles. The molecule has 136 valence electrons. The molecule has 0 spiro atoms. The number of carbonyl (C=O) groups excluding carboxylic acids is 2. The van der Waals surface area contributed by atoms with Crippen LogP contribution in [0.3, 0.4) is 0 Å². The molecule has 2 N–H and O–H groups in total. The SMILES string of the molecule is Cc1cccc(C(=O)NCC(=O)N[C@@H](C)c2ccc3c(c2)OCCO3)c1. The van der Waals surface area contributed by atoms with Crippen molar-refractivity contribution < 1.29 is 19.1 Å². The van der Waals surface area contributed by atoms with Crippen molar-refractivity contribution in [2.45, 2.75) is 19.9 Å². The maximum Gasteiger partial charge on any atom is 0.251 e. The van der Waals surface area contributed by atoms with Crippen LogP contribution in [0.15, 0.2) is 42.5 Å². The molecular formula is C20H22N2O4. The van der Waals surface area contributed by atoms with E-state index in [1.807, 2.05) is 44.2 Å². The highest BCUT2D eigenvalue weighted by molar-refractivity contribution is 5.96. The molecule has 1 heterocycles. The molecule has 0 fully saturated rings. The molecule has 1 aliphatic heterocycles. The largest absolute Gasteiger partial charge is 0.486 e. The van der Waals surface area contributed by atoms with Gasteiger partial charge in [-0.05, 0) is 43.7 Å². The number of benzene rings is 2. The minimum absolute atomic E-state index is 0.0817. The third kappa shape index (κ3) is 4.33. The van der Waals surface area contributed by atoms with Gasteiger partial charge in [-0.15, -0.1) is 0 Å². The summed E-state index contributed by atoms with van der Waals surface area (Å²) in [6.45, 7) is 4.77. The minimum Gasteiger partial charge on any atom is -0.486 e. The molecule has 2 aromatic carbocycles. The van der Waals surface area contributed by atoms with Crippen LogP contribution in [0.2, 0.25) is 0 Å². The van der Waals surface area contributed by atoms with Crippen molar-refractivity contribution in [3.8, 4) is 11.5 Å². The Balaban J connectivity index is 1.53. The molecule has 1 aliphatic rings. The Labute approximate surface area is 152 Å². The van der Waals surface area contributed by atoms with Crippen molar-refractivity contribution >= 4 is 11.8 Å². The number of hydrogen-bond acceptors (Lipinski definition) is 4. The molecule has 0 aliphatic carbocycles. The number of nitrogens with one attached hydrogen (secondary N) is 2. The van der Waals surface area contributed by atoms with Gasteiger partial charge in [0.15, 0.2) is 11.5 Å². The van der Waals surface area contributed by atoms with Crippen LogP contribution in [-0.2, 0) is 4.79 Å². The molecule has 1 atom stereocenters. The zero-order chi connectivity index (χ0) is 18.5. The van der Waals surface area contributed by atoms with E-state index in [2.05, 4.69) is 10.6 Å². The average molecular weight is 354 g/mol. The van der Waals surface area contributed by atoms with Crippen LogP contribution in [0, 0.1) is 6.92 Å². The van der Waals surface area contributed by atoms with Crippen molar-refractivity contribution in [2.24, 2.45) is 0 Å². The molecule has 0 aromatic heterocycles. The summed E-state index contributed by atoms with van der Waals surface area (Å²) < 4.78 is 11.1. The number of fused-ring (bicyclic) bond motifs is 1. The van der Waals surface area contributed by atoms with Crippen LogP contribution in [0.25, 0.3) is 0 Å². The van der Waals surface area contributed by atoms with E-state index < -0.39 is 0 Å². The molecule has 0 unspecified atom stereocenters. The lowest BCUT2D eigenvalue weighted by Gasteiger charge is -2.21. The molecule has 2 aromatic rings. The van der Waals surface area contributed by atoms with E-state index in [1.54, 1.807) is 12.1 Å². The van der Waals surface area contributed by atoms with E-state index in [-0.39, 0.29) is 24.4 Å². The first-order valence-electron chi connectivity index (χ1n) is 8.57. The standard InChI is InChI=1S/C20H22N2O4/c1-13-4-3-5-16(10-13)20(24)21-12-19(23)22-14(2)15-6-7-17-18(11-15)26-9-8-25-17/h3-7,10-11,14H,8-9,12H2,1-2H3,(H,21,24)(H,22,23)/t14-/m0/s1. The summed E-state index contributed by atoms with van der Waals surface area (Å²) in [6.07, 6.45) is 0. The minimum atomic E-state index is -0.268. The molecular weight excluding hydrogens is 332 g/mol. The van der Waals surface area contributed by atoms with Crippen molar-refractivity contribution in [3.63, 3.8) is 0 Å². The predicted molar refractivity (Wildman–Crippen MR) is 97.5 cm³/mol. The fraction of sp³-hybridized carbons (Fsp3) is 0.300. The van der Waals surface area contributed by atoms with Gasteiger partial charge in [-0.3, -0.25) is 9.59 Å². The van der Waals surface area contributed by atoms with Gasteiger partial charge in [0.2, 0.25) is 5.91 Å². The number of rotatable bonds is 5. The number of hydrogen-bond donors (Lipinski definition) is 2. The molecule has 2 amide bonds. The summed E-state index contributed by atoms with van der Waals surface area (Å²) in [4.78, 5) is 24.2. The Morgan fingerprint density at radius 3 is 2.62 bits per heavy atom. The third-order valence-corrected chi connectivity index (χ3v) is 4.13. The monoisotopic (exact) mass is 354 g/mol. The maximum atomic E-state index is 12.1. The Morgan fingerprint density at radius 1 is 1.08 bits per heavy atom. The lowest BCUT2D eigenvalue weighted by Crippen LogP contribution is -2.38. The quantitative estimate of drug-likeness (QED) is 0.864. The number of aryl methyl sites for hydroxylation is 1. The first-order valence-corrected chi connectivity index (χ1v) is 8.57. The van der Waals surface area contributed by atoms with E-state index in [4.69, 9.17) is 9.47 Å². The van der Waals surface area contributed by atoms with Crippen molar-refractivity contribution in [1.29, 1.82) is 0 Å². The average Bonchev–Trinajstić information content (AvgIpc) is 2.65. The van der Waals surface area contributed by atoms with E-state index in [0.29, 0.717) is 30.3 Å². The van der Waals surface area contributed by atoms with Crippen molar-refractivity contribution in [3.05, 3.63) is 59.2 Å². The Bertz CT molecular complexity index is 819. The van der Waals surface area contributed by atoms with Crippen LogP contribution in [0.5, 0.6) is 11.5 Å². The smallest absolute Gasteiger partial charge is 0.251 e. The van der Waals surface area contributed by atoms with Crippen molar-refractivity contribution in [2.75, 3.05) is 19.8 Å². The zero-order valence-electron chi connectivity index (χ0n) is 14.9. The maximum absolute atomic E-state index is 12.1. The van der Waals surface area contributed by atoms with Gasteiger partial charge in [-0.1, -0.05) is 23.8 Å². The van der Waals surface area contributed by atoms with Gasteiger partial charge in [-0.25, -0.2) is 0 Å². The zero-order valence-corrected chi connectivity index (χ0v) is 14.9. The van der Waals surface area contributed by atoms with Crippen LogP contribution in [0.4, 0.5) is 0 Å². The third-order valence-electron chi connectivity index (χ3n) is 4.13. The molecule has 0 bridgehead atoms. The second-order valence-corrected chi connectivity index (χ2v) is 6.24. The fourth-order valence-electron chi connectivity index (χ4n) is 2.75. The summed E-state index contributed by atoms with van der Waals surface area (Å²) in [5.41, 5.74) is 2.44. The van der Waals surface area contributed by atoms with E-state index >= 15 is 0 Å². The molecule has 6 heteroatoms. The first kappa shape index (κ1) is 17.8. The normalized spacial score (nSPS) is 13.6. The number of carbonyl (C=O) groups is 2. The van der Waals surface area contributed by atoms with Crippen LogP contribution < -0.4 is 20.1 Å². The Kier molecular flexibility index (Phi) is 5.41. The molecule has 26 heavy (non-hydrogen) atoms. The van der Waals surface area contributed by atoms with Gasteiger partial charge in [0.25, 0.3) is 5.91 Å². The highest BCUT2D eigenvalue weighted by Crippen LogP contribution is 2.32. The summed E-state index contributed by atoms with van der Waals surface area (Å²) in [7, 11) is 0. The highest BCUT2D eigenvalue weighted by atomic mass is 16.6. The first-order chi connectivity index (χ1) is 12.5.